The Hall–Kier alpha value is -2.20. The van der Waals surface area contributed by atoms with E-state index in [4.69, 9.17) is 4.52 Å². The molecule has 0 unspecified atom stereocenters. The second-order valence-corrected chi connectivity index (χ2v) is 8.93. The number of carbonyl (C=O) groups excluding carboxylic acids is 1. The van der Waals surface area contributed by atoms with Crippen LogP contribution in [0.2, 0.25) is 0 Å². The van der Waals surface area contributed by atoms with Crippen molar-refractivity contribution in [2.45, 2.75) is 63.6 Å². The van der Waals surface area contributed by atoms with Crippen LogP contribution in [0.4, 0.5) is 0 Å². The Morgan fingerprint density at radius 1 is 1.37 bits per heavy atom. The Labute approximate surface area is 157 Å². The van der Waals surface area contributed by atoms with Crippen LogP contribution in [0.15, 0.2) is 15.7 Å². The summed E-state index contributed by atoms with van der Waals surface area (Å²) >= 11 is 0. The van der Waals surface area contributed by atoms with Crippen LogP contribution in [0.25, 0.3) is 0 Å². The molecule has 2 aromatic rings. The Balaban J connectivity index is 1.46. The zero-order valence-electron chi connectivity index (χ0n) is 15.6. The van der Waals surface area contributed by atoms with Crippen LogP contribution in [0.5, 0.6) is 0 Å². The predicted octanol–water partition coefficient (Wildman–Crippen LogP) is 1.07. The number of nitrogens with one attached hydrogen (secondary N) is 1. The van der Waals surface area contributed by atoms with Crippen molar-refractivity contribution in [3.8, 4) is 0 Å². The zero-order valence-corrected chi connectivity index (χ0v) is 16.4. The van der Waals surface area contributed by atoms with Gasteiger partial charge in [0.25, 0.3) is 0 Å². The molecular formula is C17H23N5O4S. The Morgan fingerprint density at radius 3 is 2.74 bits per heavy atom. The fraction of sp³-hybridized carbons (Fsp3) is 0.588. The average molecular weight is 393 g/mol. The van der Waals surface area contributed by atoms with Gasteiger partial charge in [0.15, 0.2) is 5.76 Å². The molecule has 1 N–H and O–H groups in total. The van der Waals surface area contributed by atoms with Crippen molar-refractivity contribution >= 4 is 15.9 Å². The van der Waals surface area contributed by atoms with Crippen LogP contribution in [0, 0.1) is 13.8 Å². The summed E-state index contributed by atoms with van der Waals surface area (Å²) in [5.74, 6) is -0.0650. The molecule has 0 aromatic carbocycles. The summed E-state index contributed by atoms with van der Waals surface area (Å²) in [6, 6.07) is -0.333. The van der Waals surface area contributed by atoms with Crippen molar-refractivity contribution in [2.24, 2.45) is 0 Å². The van der Waals surface area contributed by atoms with Crippen molar-refractivity contribution in [1.82, 2.24) is 24.3 Å². The number of rotatable bonds is 5. The number of hydrogen-bond donors (Lipinski definition) is 1. The molecule has 27 heavy (non-hydrogen) atoms. The number of aromatic nitrogens is 3. The number of imidazole rings is 1. The highest BCUT2D eigenvalue weighted by atomic mass is 32.2. The Kier molecular flexibility index (Phi) is 4.34. The Morgan fingerprint density at radius 2 is 2.11 bits per heavy atom. The van der Waals surface area contributed by atoms with E-state index in [-0.39, 0.29) is 22.3 Å². The quantitative estimate of drug-likeness (QED) is 0.814. The van der Waals surface area contributed by atoms with Crippen molar-refractivity contribution in [1.29, 1.82) is 0 Å². The minimum Gasteiger partial charge on any atom is -0.360 e. The summed E-state index contributed by atoms with van der Waals surface area (Å²) < 4.78 is 34.8. The molecule has 1 fully saturated rings. The molecule has 1 amide bonds. The van der Waals surface area contributed by atoms with Crippen LogP contribution < -0.4 is 4.72 Å². The lowest BCUT2D eigenvalue weighted by molar-refractivity contribution is -0.133. The molecule has 0 radical (unpaired) electrons. The summed E-state index contributed by atoms with van der Waals surface area (Å²) in [4.78, 5) is 18.9. The van der Waals surface area contributed by atoms with Crippen LogP contribution in [0.3, 0.4) is 0 Å². The van der Waals surface area contributed by atoms with Gasteiger partial charge in [-0.15, -0.1) is 0 Å². The monoisotopic (exact) mass is 393 g/mol. The molecule has 146 valence electrons. The molecule has 10 heteroatoms. The molecule has 2 aromatic heterocycles. The topological polar surface area (TPSA) is 110 Å². The summed E-state index contributed by atoms with van der Waals surface area (Å²) in [6.07, 6.45) is 4.97. The maximum Gasteiger partial charge on any atom is 0.246 e. The number of amides is 1. The smallest absolute Gasteiger partial charge is 0.246 e. The number of sulfonamides is 1. The number of hydrogen-bond acceptors (Lipinski definition) is 6. The Bertz CT molecular complexity index is 970. The average Bonchev–Trinajstić information content (AvgIpc) is 3.27. The van der Waals surface area contributed by atoms with Crippen molar-refractivity contribution in [3.63, 3.8) is 0 Å². The molecular weight excluding hydrogens is 370 g/mol. The van der Waals surface area contributed by atoms with Gasteiger partial charge in [0.05, 0.1) is 24.6 Å². The number of carbonyl (C=O) groups is 1. The van der Waals surface area contributed by atoms with Crippen molar-refractivity contribution < 1.29 is 17.7 Å². The standard InChI is InChI=1S/C17H23N5O4S/c1-10-16(12(3)26-19-10)27(24,25)20-11(2)17(23)21-7-6-15-14(8-21)18-9-22(15)13-4-5-13/h9,11,13,20H,4-8H2,1-3H3/t11-/m0/s1. The highest BCUT2D eigenvalue weighted by Crippen LogP contribution is 2.37. The normalized spacial score (nSPS) is 18.4. The molecule has 4 rings (SSSR count). The third-order valence-corrected chi connectivity index (χ3v) is 6.92. The number of nitrogens with zero attached hydrogens (tertiary/aromatic N) is 4. The van der Waals surface area contributed by atoms with Crippen molar-refractivity contribution in [2.75, 3.05) is 6.54 Å². The molecule has 3 heterocycles. The van der Waals surface area contributed by atoms with E-state index in [1.165, 1.54) is 25.5 Å². The first kappa shape index (κ1) is 18.2. The third kappa shape index (κ3) is 3.27. The van der Waals surface area contributed by atoms with Crippen LogP contribution >= 0.6 is 0 Å². The van der Waals surface area contributed by atoms with Crippen LogP contribution in [-0.2, 0) is 27.8 Å². The first-order valence-electron chi connectivity index (χ1n) is 9.06. The zero-order chi connectivity index (χ0) is 19.3. The second kappa shape index (κ2) is 6.45. The van der Waals surface area contributed by atoms with Crippen LogP contribution in [-0.4, -0.2) is 46.5 Å². The molecule has 9 nitrogen and oxygen atoms in total. The van der Waals surface area contributed by atoms with Gasteiger partial charge in [-0.3, -0.25) is 4.79 Å². The molecule has 0 bridgehead atoms. The van der Waals surface area contributed by atoms with Gasteiger partial charge in [-0.05, 0) is 33.6 Å². The van der Waals surface area contributed by atoms with E-state index in [0.717, 1.165) is 12.1 Å². The van der Waals surface area contributed by atoms with E-state index < -0.39 is 16.1 Å². The maximum atomic E-state index is 12.8. The van der Waals surface area contributed by atoms with E-state index >= 15 is 0 Å². The molecule has 1 atom stereocenters. The van der Waals surface area contributed by atoms with Gasteiger partial charge in [0.1, 0.15) is 10.6 Å². The van der Waals surface area contributed by atoms with Gasteiger partial charge in [0.2, 0.25) is 15.9 Å². The molecule has 0 saturated heterocycles. The molecule has 0 spiro atoms. The summed E-state index contributed by atoms with van der Waals surface area (Å²) in [5, 5.41) is 3.67. The van der Waals surface area contributed by atoms with E-state index in [0.29, 0.717) is 19.1 Å². The molecule has 1 aliphatic carbocycles. The second-order valence-electron chi connectivity index (χ2n) is 7.28. The third-order valence-electron chi connectivity index (χ3n) is 5.13. The summed E-state index contributed by atoms with van der Waals surface area (Å²) in [5.41, 5.74) is 2.38. The molecule has 1 aliphatic heterocycles. The largest absolute Gasteiger partial charge is 0.360 e. The fourth-order valence-corrected chi connectivity index (χ4v) is 5.19. The summed E-state index contributed by atoms with van der Waals surface area (Å²) in [7, 11) is -3.89. The lowest BCUT2D eigenvalue weighted by atomic mass is 10.1. The van der Waals surface area contributed by atoms with E-state index in [1.807, 2.05) is 6.33 Å². The molecule has 2 aliphatic rings. The highest BCUT2D eigenvalue weighted by molar-refractivity contribution is 7.89. The fourth-order valence-electron chi connectivity index (χ4n) is 3.66. The van der Waals surface area contributed by atoms with E-state index in [2.05, 4.69) is 19.4 Å². The summed E-state index contributed by atoms with van der Waals surface area (Å²) in [6.45, 7) is 5.60. The van der Waals surface area contributed by atoms with Gasteiger partial charge >= 0.3 is 0 Å². The lowest BCUT2D eigenvalue weighted by Crippen LogP contribution is -2.48. The van der Waals surface area contributed by atoms with E-state index in [9.17, 15) is 13.2 Å². The maximum absolute atomic E-state index is 12.8. The number of aryl methyl sites for hydroxylation is 2. The van der Waals surface area contributed by atoms with E-state index in [1.54, 1.807) is 18.7 Å². The minimum atomic E-state index is -3.89. The predicted molar refractivity (Wildman–Crippen MR) is 95.4 cm³/mol. The lowest BCUT2D eigenvalue weighted by Gasteiger charge is -2.29. The molecule has 1 saturated carbocycles. The number of fused-ring (bicyclic) bond motifs is 1. The first-order chi connectivity index (χ1) is 12.8. The van der Waals surface area contributed by atoms with Crippen molar-refractivity contribution in [3.05, 3.63) is 29.2 Å². The highest BCUT2D eigenvalue weighted by Gasteiger charge is 2.34. The van der Waals surface area contributed by atoms with Gasteiger partial charge in [-0.25, -0.2) is 13.4 Å². The van der Waals surface area contributed by atoms with Gasteiger partial charge in [-0.1, -0.05) is 5.16 Å². The van der Waals surface area contributed by atoms with Gasteiger partial charge < -0.3 is 14.0 Å². The first-order valence-corrected chi connectivity index (χ1v) is 10.5. The SMILES string of the molecule is Cc1noc(C)c1S(=O)(=O)N[C@@H](C)C(=O)N1CCc2c(ncn2C2CC2)C1. The van der Waals surface area contributed by atoms with Gasteiger partial charge in [-0.2, -0.15) is 4.72 Å². The van der Waals surface area contributed by atoms with Gasteiger partial charge in [0, 0.05) is 24.7 Å². The minimum absolute atomic E-state index is 0.00810. The van der Waals surface area contributed by atoms with Crippen LogP contribution in [0.1, 0.15) is 48.6 Å².